The molecule has 0 unspecified atom stereocenters. The van der Waals surface area contributed by atoms with Crippen LogP contribution in [-0.2, 0) is 6.54 Å². The molecule has 3 nitrogen and oxygen atoms in total. The molecule has 19 heavy (non-hydrogen) atoms. The standard InChI is InChI=1S/C12H11F3N2OS/c13-12(14,15)7-18-11-4-2-1-3-10(11)16-5-9-6-19-8-17-9/h1-4,6,8,16H,5,7H2. The number of alkyl halides is 3. The SMILES string of the molecule is FC(F)(F)COc1ccccc1NCc1cscn1. The zero-order valence-corrected chi connectivity index (χ0v) is 10.6. The van der Waals surface area contributed by atoms with Gasteiger partial charge in [0.05, 0.1) is 23.4 Å². The van der Waals surface area contributed by atoms with E-state index in [1.165, 1.54) is 17.4 Å². The highest BCUT2D eigenvalue weighted by Gasteiger charge is 2.28. The predicted octanol–water partition coefficient (Wildman–Crippen LogP) is 3.70. The van der Waals surface area contributed by atoms with Gasteiger partial charge in [-0.3, -0.25) is 0 Å². The smallest absolute Gasteiger partial charge is 0.422 e. The fourth-order valence-corrected chi connectivity index (χ4v) is 1.97. The van der Waals surface area contributed by atoms with Crippen LogP contribution in [0.1, 0.15) is 5.69 Å². The number of halogens is 3. The van der Waals surface area contributed by atoms with Crippen molar-refractivity contribution < 1.29 is 17.9 Å². The number of anilines is 1. The summed E-state index contributed by atoms with van der Waals surface area (Å²) in [6.45, 7) is -0.863. The molecule has 1 aromatic heterocycles. The number of rotatable bonds is 5. The first kappa shape index (κ1) is 13.7. The highest BCUT2D eigenvalue weighted by Crippen LogP contribution is 2.26. The lowest BCUT2D eigenvalue weighted by molar-refractivity contribution is -0.153. The molecular weight excluding hydrogens is 277 g/mol. The van der Waals surface area contributed by atoms with Crippen molar-refractivity contribution in [2.75, 3.05) is 11.9 Å². The average Bonchev–Trinajstić information content (AvgIpc) is 2.87. The Labute approximate surface area is 112 Å². The molecule has 0 atom stereocenters. The zero-order valence-electron chi connectivity index (χ0n) is 9.78. The Morgan fingerprint density at radius 1 is 1.26 bits per heavy atom. The van der Waals surface area contributed by atoms with Crippen molar-refractivity contribution in [1.82, 2.24) is 4.98 Å². The molecule has 2 aromatic rings. The van der Waals surface area contributed by atoms with Crippen molar-refractivity contribution in [3.63, 3.8) is 0 Å². The van der Waals surface area contributed by atoms with Crippen molar-refractivity contribution in [2.45, 2.75) is 12.7 Å². The van der Waals surface area contributed by atoms with Crippen LogP contribution in [0.25, 0.3) is 0 Å². The summed E-state index contributed by atoms with van der Waals surface area (Å²) in [4.78, 5) is 4.08. The molecule has 0 fully saturated rings. The lowest BCUT2D eigenvalue weighted by Gasteiger charge is -2.13. The number of nitrogens with one attached hydrogen (secondary N) is 1. The van der Waals surface area contributed by atoms with E-state index in [-0.39, 0.29) is 5.75 Å². The molecule has 0 aliphatic heterocycles. The third-order valence-corrected chi connectivity index (χ3v) is 2.86. The van der Waals surface area contributed by atoms with Crippen LogP contribution < -0.4 is 10.1 Å². The number of nitrogens with zero attached hydrogens (tertiary/aromatic N) is 1. The zero-order chi connectivity index (χ0) is 13.7. The molecule has 0 radical (unpaired) electrons. The number of hydrogen-bond donors (Lipinski definition) is 1. The first-order valence-electron chi connectivity index (χ1n) is 5.44. The average molecular weight is 288 g/mol. The Kier molecular flexibility index (Phi) is 4.26. The number of benzene rings is 1. The van der Waals surface area contributed by atoms with E-state index in [2.05, 4.69) is 10.3 Å². The third kappa shape index (κ3) is 4.44. The number of ether oxygens (including phenoxy) is 1. The van der Waals surface area contributed by atoms with E-state index < -0.39 is 12.8 Å². The molecule has 0 aliphatic carbocycles. The van der Waals surface area contributed by atoms with Gasteiger partial charge in [-0.2, -0.15) is 13.2 Å². The van der Waals surface area contributed by atoms with Crippen molar-refractivity contribution in [3.05, 3.63) is 40.8 Å². The minimum atomic E-state index is -4.35. The number of thiazole rings is 1. The van der Waals surface area contributed by atoms with Gasteiger partial charge in [-0.25, -0.2) is 4.98 Å². The van der Waals surface area contributed by atoms with Crippen LogP contribution in [0, 0.1) is 0 Å². The van der Waals surface area contributed by atoms with Gasteiger partial charge in [0.2, 0.25) is 0 Å². The molecule has 0 bridgehead atoms. The van der Waals surface area contributed by atoms with Crippen LogP contribution in [-0.4, -0.2) is 17.8 Å². The number of aromatic nitrogens is 1. The molecule has 2 rings (SSSR count). The summed E-state index contributed by atoms with van der Waals surface area (Å²) < 4.78 is 41.2. The summed E-state index contributed by atoms with van der Waals surface area (Å²) in [6, 6.07) is 6.51. The van der Waals surface area contributed by atoms with E-state index in [0.29, 0.717) is 12.2 Å². The van der Waals surface area contributed by atoms with Crippen molar-refractivity contribution >= 4 is 17.0 Å². The van der Waals surface area contributed by atoms with Gasteiger partial charge < -0.3 is 10.1 Å². The summed E-state index contributed by atoms with van der Waals surface area (Å²) >= 11 is 1.46. The second-order valence-corrected chi connectivity index (χ2v) is 4.45. The minimum absolute atomic E-state index is 0.176. The van der Waals surface area contributed by atoms with Crippen LogP contribution in [0.15, 0.2) is 35.2 Å². The van der Waals surface area contributed by atoms with E-state index in [1.54, 1.807) is 23.7 Å². The Morgan fingerprint density at radius 3 is 2.74 bits per heavy atom. The van der Waals surface area contributed by atoms with Crippen molar-refractivity contribution in [2.24, 2.45) is 0 Å². The second kappa shape index (κ2) is 5.92. The first-order chi connectivity index (χ1) is 9.04. The van der Waals surface area contributed by atoms with Crippen LogP contribution in [0.4, 0.5) is 18.9 Å². The van der Waals surface area contributed by atoms with Gasteiger partial charge in [-0.15, -0.1) is 11.3 Å². The highest BCUT2D eigenvalue weighted by molar-refractivity contribution is 7.07. The predicted molar refractivity (Wildman–Crippen MR) is 67.4 cm³/mol. The number of hydrogen-bond acceptors (Lipinski definition) is 4. The van der Waals surface area contributed by atoms with E-state index in [4.69, 9.17) is 4.74 Å². The van der Waals surface area contributed by atoms with E-state index in [9.17, 15) is 13.2 Å². The molecule has 0 aliphatic rings. The lowest BCUT2D eigenvalue weighted by Crippen LogP contribution is -2.19. The maximum Gasteiger partial charge on any atom is 0.422 e. The summed E-state index contributed by atoms with van der Waals surface area (Å²) in [5.41, 5.74) is 3.04. The van der Waals surface area contributed by atoms with Gasteiger partial charge in [0.1, 0.15) is 5.75 Å². The van der Waals surface area contributed by atoms with Gasteiger partial charge in [0, 0.05) is 5.38 Å². The van der Waals surface area contributed by atoms with Gasteiger partial charge in [0.15, 0.2) is 6.61 Å². The molecule has 102 valence electrons. The Morgan fingerprint density at radius 2 is 2.05 bits per heavy atom. The molecule has 1 aromatic carbocycles. The fraction of sp³-hybridized carbons (Fsp3) is 0.250. The highest BCUT2D eigenvalue weighted by atomic mass is 32.1. The van der Waals surface area contributed by atoms with Gasteiger partial charge in [0.25, 0.3) is 0 Å². The quantitative estimate of drug-likeness (QED) is 0.911. The monoisotopic (exact) mass is 288 g/mol. The largest absolute Gasteiger partial charge is 0.482 e. The fourth-order valence-electron chi connectivity index (χ4n) is 1.41. The molecule has 0 saturated heterocycles. The summed E-state index contributed by atoms with van der Waals surface area (Å²) in [7, 11) is 0. The van der Waals surface area contributed by atoms with Crippen LogP contribution >= 0.6 is 11.3 Å². The van der Waals surface area contributed by atoms with E-state index in [1.807, 2.05) is 5.38 Å². The van der Waals surface area contributed by atoms with Crippen molar-refractivity contribution in [1.29, 1.82) is 0 Å². The maximum absolute atomic E-state index is 12.1. The van der Waals surface area contributed by atoms with Crippen molar-refractivity contribution in [3.8, 4) is 5.75 Å². The third-order valence-electron chi connectivity index (χ3n) is 2.22. The summed E-state index contributed by atoms with van der Waals surface area (Å²) in [5.74, 6) is 0.176. The molecule has 1 N–H and O–H groups in total. The van der Waals surface area contributed by atoms with Gasteiger partial charge in [-0.1, -0.05) is 12.1 Å². The van der Waals surface area contributed by atoms with Crippen LogP contribution in [0.3, 0.4) is 0 Å². The van der Waals surface area contributed by atoms with E-state index in [0.717, 1.165) is 5.69 Å². The van der Waals surface area contributed by atoms with Gasteiger partial charge in [-0.05, 0) is 12.1 Å². The number of para-hydroxylation sites is 2. The van der Waals surface area contributed by atoms with Crippen LogP contribution in [0.2, 0.25) is 0 Å². The maximum atomic E-state index is 12.1. The molecule has 0 spiro atoms. The molecule has 0 saturated carbocycles. The molecular formula is C12H11F3N2OS. The minimum Gasteiger partial charge on any atom is -0.482 e. The summed E-state index contributed by atoms with van der Waals surface area (Å²) in [5, 5.41) is 4.87. The second-order valence-electron chi connectivity index (χ2n) is 3.73. The lowest BCUT2D eigenvalue weighted by atomic mass is 10.3. The molecule has 7 heteroatoms. The molecule has 1 heterocycles. The van der Waals surface area contributed by atoms with Crippen LogP contribution in [0.5, 0.6) is 5.75 Å². The Balaban J connectivity index is 1.99. The molecule has 0 amide bonds. The van der Waals surface area contributed by atoms with Gasteiger partial charge >= 0.3 is 6.18 Å². The topological polar surface area (TPSA) is 34.1 Å². The normalized spacial score (nSPS) is 11.3. The Bertz CT molecular complexity index is 514. The summed E-state index contributed by atoms with van der Waals surface area (Å²) in [6.07, 6.45) is -4.35. The first-order valence-corrected chi connectivity index (χ1v) is 6.38. The van der Waals surface area contributed by atoms with E-state index >= 15 is 0 Å². The Hall–Kier alpha value is -1.76.